The third kappa shape index (κ3) is 3.70. The summed E-state index contributed by atoms with van der Waals surface area (Å²) >= 11 is 0. The summed E-state index contributed by atoms with van der Waals surface area (Å²) in [5.74, 6) is 2.32. The molecule has 1 aliphatic rings. The van der Waals surface area contributed by atoms with Crippen molar-refractivity contribution in [2.75, 3.05) is 20.2 Å². The van der Waals surface area contributed by atoms with Crippen LogP contribution >= 0.6 is 0 Å². The third-order valence-electron chi connectivity index (χ3n) is 4.57. The van der Waals surface area contributed by atoms with Crippen LogP contribution in [0.25, 0.3) is 0 Å². The molecule has 23 heavy (non-hydrogen) atoms. The van der Waals surface area contributed by atoms with Crippen LogP contribution in [-0.2, 0) is 6.42 Å². The first-order valence-corrected chi connectivity index (χ1v) is 8.35. The first-order chi connectivity index (χ1) is 11.2. The number of rotatable bonds is 4. The van der Waals surface area contributed by atoms with Crippen LogP contribution in [0.5, 0.6) is 5.75 Å². The highest BCUT2D eigenvalue weighted by molar-refractivity contribution is 5.33. The van der Waals surface area contributed by atoms with Gasteiger partial charge in [0.1, 0.15) is 11.6 Å². The van der Waals surface area contributed by atoms with E-state index in [9.17, 15) is 0 Å². The number of hydrogen-bond acceptors (Lipinski definition) is 4. The highest BCUT2D eigenvalue weighted by Gasteiger charge is 2.21. The average molecular weight is 311 g/mol. The minimum Gasteiger partial charge on any atom is -0.497 e. The molecule has 1 aromatic heterocycles. The summed E-state index contributed by atoms with van der Waals surface area (Å²) in [6.45, 7) is 6.41. The number of methoxy groups -OCH3 is 1. The number of piperidine rings is 1. The number of ether oxygens (including phenoxy) is 1. The molecule has 1 aromatic carbocycles. The van der Waals surface area contributed by atoms with Gasteiger partial charge in [-0.05, 0) is 62.4 Å². The second-order valence-electron chi connectivity index (χ2n) is 6.30. The molecule has 0 spiro atoms. The molecule has 4 heteroatoms. The molecule has 0 aliphatic carbocycles. The fourth-order valence-electron chi connectivity index (χ4n) is 3.53. The van der Waals surface area contributed by atoms with Crippen LogP contribution in [0.15, 0.2) is 24.3 Å². The quantitative estimate of drug-likeness (QED) is 0.942. The van der Waals surface area contributed by atoms with Crippen LogP contribution in [0.2, 0.25) is 0 Å². The second-order valence-corrected chi connectivity index (χ2v) is 6.30. The van der Waals surface area contributed by atoms with Gasteiger partial charge in [0.2, 0.25) is 0 Å². The van der Waals surface area contributed by atoms with E-state index in [1.54, 1.807) is 7.11 Å². The highest BCUT2D eigenvalue weighted by atomic mass is 16.5. The zero-order chi connectivity index (χ0) is 16.2. The second kappa shape index (κ2) is 7.09. The fraction of sp³-hybridized carbons (Fsp3) is 0.474. The molecule has 0 amide bonds. The highest BCUT2D eigenvalue weighted by Crippen LogP contribution is 2.27. The van der Waals surface area contributed by atoms with Gasteiger partial charge in [0, 0.05) is 24.4 Å². The zero-order valence-corrected chi connectivity index (χ0v) is 14.2. The fourth-order valence-corrected chi connectivity index (χ4v) is 3.53. The first kappa shape index (κ1) is 15.9. The van der Waals surface area contributed by atoms with Crippen LogP contribution in [0, 0.1) is 13.8 Å². The first-order valence-electron chi connectivity index (χ1n) is 8.35. The molecule has 1 atom stereocenters. The number of hydrogen-bond donors (Lipinski definition) is 1. The Morgan fingerprint density at radius 3 is 2.65 bits per heavy atom. The molecule has 2 aromatic rings. The number of nitrogens with zero attached hydrogens (tertiary/aromatic N) is 2. The van der Waals surface area contributed by atoms with Crippen molar-refractivity contribution >= 4 is 0 Å². The van der Waals surface area contributed by atoms with Crippen molar-refractivity contribution in [3.8, 4) is 5.75 Å². The molecule has 1 unspecified atom stereocenters. The average Bonchev–Trinajstić information content (AvgIpc) is 2.55. The summed E-state index contributed by atoms with van der Waals surface area (Å²) in [4.78, 5) is 9.56. The van der Waals surface area contributed by atoms with Gasteiger partial charge < -0.3 is 10.1 Å². The zero-order valence-electron chi connectivity index (χ0n) is 14.2. The SMILES string of the molecule is COc1cccc(Cc2nc(C)c(C3CCCNC3)c(C)n2)c1. The van der Waals surface area contributed by atoms with Crippen molar-refractivity contribution in [1.82, 2.24) is 15.3 Å². The van der Waals surface area contributed by atoms with E-state index in [4.69, 9.17) is 14.7 Å². The molecule has 0 saturated carbocycles. The molecule has 1 N–H and O–H groups in total. The van der Waals surface area contributed by atoms with E-state index in [0.717, 1.165) is 42.5 Å². The molecular weight excluding hydrogens is 286 g/mol. The molecule has 122 valence electrons. The lowest BCUT2D eigenvalue weighted by Gasteiger charge is -2.25. The maximum atomic E-state index is 5.29. The van der Waals surface area contributed by atoms with Gasteiger partial charge in [0.25, 0.3) is 0 Å². The lowest BCUT2D eigenvalue weighted by Crippen LogP contribution is -2.29. The van der Waals surface area contributed by atoms with Crippen LogP contribution in [0.4, 0.5) is 0 Å². The van der Waals surface area contributed by atoms with Crippen molar-refractivity contribution in [2.24, 2.45) is 0 Å². The normalized spacial score (nSPS) is 18.0. The van der Waals surface area contributed by atoms with Gasteiger partial charge in [-0.1, -0.05) is 12.1 Å². The standard InChI is InChI=1S/C19H25N3O/c1-13-19(16-7-5-9-20-12-16)14(2)22-18(21-13)11-15-6-4-8-17(10-15)23-3/h4,6,8,10,16,20H,5,7,9,11-12H2,1-3H3. The molecule has 0 bridgehead atoms. The van der Waals surface area contributed by atoms with Gasteiger partial charge in [0.15, 0.2) is 0 Å². The smallest absolute Gasteiger partial charge is 0.133 e. The molecule has 1 fully saturated rings. The summed E-state index contributed by atoms with van der Waals surface area (Å²) in [6, 6.07) is 8.11. The summed E-state index contributed by atoms with van der Waals surface area (Å²) in [5.41, 5.74) is 4.77. The summed E-state index contributed by atoms with van der Waals surface area (Å²) in [6.07, 6.45) is 3.20. The van der Waals surface area contributed by atoms with Crippen LogP contribution in [-0.4, -0.2) is 30.2 Å². The molecule has 1 saturated heterocycles. The molecule has 0 radical (unpaired) electrons. The van der Waals surface area contributed by atoms with Crippen molar-refractivity contribution in [2.45, 2.75) is 39.0 Å². The van der Waals surface area contributed by atoms with Gasteiger partial charge in [-0.15, -0.1) is 0 Å². The third-order valence-corrected chi connectivity index (χ3v) is 4.57. The number of aryl methyl sites for hydroxylation is 2. The minimum atomic E-state index is 0.551. The summed E-state index contributed by atoms with van der Waals surface area (Å²) in [5, 5.41) is 3.49. The van der Waals surface area contributed by atoms with E-state index in [2.05, 4.69) is 25.2 Å². The van der Waals surface area contributed by atoms with Crippen molar-refractivity contribution < 1.29 is 4.74 Å². The largest absolute Gasteiger partial charge is 0.497 e. The molecule has 1 aliphatic heterocycles. The Kier molecular flexibility index (Phi) is 4.91. The summed E-state index contributed by atoms with van der Waals surface area (Å²) in [7, 11) is 1.69. The predicted molar refractivity (Wildman–Crippen MR) is 92.2 cm³/mol. The lowest BCUT2D eigenvalue weighted by atomic mass is 9.89. The van der Waals surface area contributed by atoms with Gasteiger partial charge in [0.05, 0.1) is 7.11 Å². The van der Waals surface area contributed by atoms with E-state index in [1.807, 2.05) is 18.2 Å². The Balaban J connectivity index is 1.84. The molecule has 2 heterocycles. The maximum Gasteiger partial charge on any atom is 0.133 e. The van der Waals surface area contributed by atoms with E-state index >= 15 is 0 Å². The monoisotopic (exact) mass is 311 g/mol. The molecule has 3 rings (SSSR count). The van der Waals surface area contributed by atoms with Crippen molar-refractivity contribution in [3.05, 3.63) is 52.6 Å². The predicted octanol–water partition coefficient (Wildman–Crippen LogP) is 3.16. The van der Waals surface area contributed by atoms with Crippen molar-refractivity contribution in [1.29, 1.82) is 0 Å². The topological polar surface area (TPSA) is 47.0 Å². The number of benzene rings is 1. The van der Waals surface area contributed by atoms with Crippen molar-refractivity contribution in [3.63, 3.8) is 0 Å². The Morgan fingerprint density at radius 1 is 1.22 bits per heavy atom. The van der Waals surface area contributed by atoms with Crippen LogP contribution in [0.1, 0.15) is 47.1 Å². The minimum absolute atomic E-state index is 0.551. The number of nitrogens with one attached hydrogen (secondary N) is 1. The van der Waals surface area contributed by atoms with Gasteiger partial charge in [-0.25, -0.2) is 9.97 Å². The maximum absolute atomic E-state index is 5.29. The van der Waals surface area contributed by atoms with E-state index in [0.29, 0.717) is 5.92 Å². The van der Waals surface area contributed by atoms with Gasteiger partial charge in [-0.2, -0.15) is 0 Å². The van der Waals surface area contributed by atoms with Crippen LogP contribution in [0.3, 0.4) is 0 Å². The Morgan fingerprint density at radius 2 is 2.00 bits per heavy atom. The Bertz CT molecular complexity index is 655. The molecule has 4 nitrogen and oxygen atoms in total. The van der Waals surface area contributed by atoms with E-state index < -0.39 is 0 Å². The lowest BCUT2D eigenvalue weighted by molar-refractivity contribution is 0.414. The van der Waals surface area contributed by atoms with Gasteiger partial charge >= 0.3 is 0 Å². The number of aromatic nitrogens is 2. The van der Waals surface area contributed by atoms with E-state index in [1.165, 1.54) is 24.0 Å². The van der Waals surface area contributed by atoms with Gasteiger partial charge in [-0.3, -0.25) is 0 Å². The van der Waals surface area contributed by atoms with E-state index in [-0.39, 0.29) is 0 Å². The Hall–Kier alpha value is -1.94. The van der Waals surface area contributed by atoms with Crippen LogP contribution < -0.4 is 10.1 Å². The summed E-state index contributed by atoms with van der Waals surface area (Å²) < 4.78 is 5.29. The Labute approximate surface area is 138 Å². The molecular formula is C19H25N3O.